The molecule has 0 aliphatic rings. The molecule has 2 rings (SSSR count). The molecule has 0 aliphatic carbocycles. The predicted molar refractivity (Wildman–Crippen MR) is 118 cm³/mol. The summed E-state index contributed by atoms with van der Waals surface area (Å²) in [6.07, 6.45) is 0.533. The van der Waals surface area contributed by atoms with E-state index in [2.05, 4.69) is 5.32 Å². The van der Waals surface area contributed by atoms with E-state index in [0.717, 1.165) is 11.1 Å². The third-order valence-electron chi connectivity index (χ3n) is 4.12. The molecule has 0 radical (unpaired) electrons. The lowest BCUT2D eigenvalue weighted by molar-refractivity contribution is -0.157. The van der Waals surface area contributed by atoms with Crippen LogP contribution in [0.25, 0.3) is 0 Å². The quantitative estimate of drug-likeness (QED) is 0.670. The van der Waals surface area contributed by atoms with Gasteiger partial charge in [-0.3, -0.25) is 4.79 Å². The van der Waals surface area contributed by atoms with Crippen molar-refractivity contribution in [2.75, 3.05) is 0 Å². The summed E-state index contributed by atoms with van der Waals surface area (Å²) in [5.41, 5.74) is 1.43. The summed E-state index contributed by atoms with van der Waals surface area (Å²) < 4.78 is 11.0. The Bertz CT molecular complexity index is 830. The Labute approximate surface area is 179 Å². The van der Waals surface area contributed by atoms with E-state index in [9.17, 15) is 9.59 Å². The van der Waals surface area contributed by atoms with Gasteiger partial charge in [-0.15, -0.1) is 0 Å². The highest BCUT2D eigenvalue weighted by atomic mass is 16.6. The van der Waals surface area contributed by atoms with Crippen LogP contribution in [0.2, 0.25) is 0 Å². The Morgan fingerprint density at radius 1 is 0.800 bits per heavy atom. The van der Waals surface area contributed by atoms with Gasteiger partial charge in [0.25, 0.3) is 0 Å². The van der Waals surface area contributed by atoms with Gasteiger partial charge in [0, 0.05) is 6.54 Å². The zero-order chi connectivity index (χ0) is 22.4. The van der Waals surface area contributed by atoms with Crippen LogP contribution >= 0.6 is 0 Å². The SMILES string of the molecule is CC(C)(C)OC(=O)c1ccc(CNC(Cc2ccccc2)C(=O)OC(C)(C)C)cc1. The highest BCUT2D eigenvalue weighted by Gasteiger charge is 2.25. The van der Waals surface area contributed by atoms with Gasteiger partial charge < -0.3 is 14.8 Å². The molecule has 1 unspecified atom stereocenters. The summed E-state index contributed by atoms with van der Waals surface area (Å²) in [5, 5.41) is 3.30. The first-order valence-corrected chi connectivity index (χ1v) is 10.3. The predicted octanol–water partition coefficient (Wildman–Crippen LogP) is 4.68. The molecule has 5 heteroatoms. The van der Waals surface area contributed by atoms with Crippen LogP contribution < -0.4 is 5.32 Å². The van der Waals surface area contributed by atoms with Crippen molar-refractivity contribution in [1.29, 1.82) is 0 Å². The van der Waals surface area contributed by atoms with E-state index in [1.807, 2.05) is 84.0 Å². The van der Waals surface area contributed by atoms with E-state index in [0.29, 0.717) is 18.5 Å². The number of hydrogen-bond donors (Lipinski definition) is 1. The molecule has 30 heavy (non-hydrogen) atoms. The average molecular weight is 412 g/mol. The number of rotatable bonds is 7. The van der Waals surface area contributed by atoms with Crippen LogP contribution in [0.5, 0.6) is 0 Å². The Morgan fingerprint density at radius 3 is 1.90 bits per heavy atom. The summed E-state index contributed by atoms with van der Waals surface area (Å²) in [4.78, 5) is 24.9. The van der Waals surface area contributed by atoms with Crippen molar-refractivity contribution >= 4 is 11.9 Å². The molecule has 2 aromatic carbocycles. The summed E-state index contributed by atoms with van der Waals surface area (Å²) >= 11 is 0. The lowest BCUT2D eigenvalue weighted by atomic mass is 10.0. The zero-order valence-electron chi connectivity index (χ0n) is 18.8. The number of nitrogens with one attached hydrogen (secondary N) is 1. The lowest BCUT2D eigenvalue weighted by Gasteiger charge is -2.25. The van der Waals surface area contributed by atoms with Crippen LogP contribution in [0.4, 0.5) is 0 Å². The van der Waals surface area contributed by atoms with Crippen molar-refractivity contribution in [1.82, 2.24) is 5.32 Å². The van der Waals surface area contributed by atoms with Crippen LogP contribution in [0.1, 0.15) is 63.0 Å². The van der Waals surface area contributed by atoms with Gasteiger partial charge >= 0.3 is 11.9 Å². The average Bonchev–Trinajstić information content (AvgIpc) is 2.63. The third-order valence-corrected chi connectivity index (χ3v) is 4.12. The number of carbonyl (C=O) groups is 2. The maximum absolute atomic E-state index is 12.7. The van der Waals surface area contributed by atoms with Gasteiger partial charge in [-0.1, -0.05) is 42.5 Å². The molecule has 5 nitrogen and oxygen atoms in total. The number of ether oxygens (including phenoxy) is 2. The summed E-state index contributed by atoms with van der Waals surface area (Å²) in [5.74, 6) is -0.630. The molecule has 0 amide bonds. The van der Waals surface area contributed by atoms with Gasteiger partial charge in [-0.2, -0.15) is 0 Å². The Morgan fingerprint density at radius 2 is 1.37 bits per heavy atom. The van der Waals surface area contributed by atoms with Crippen molar-refractivity contribution in [3.8, 4) is 0 Å². The van der Waals surface area contributed by atoms with Gasteiger partial charge in [0.1, 0.15) is 17.2 Å². The molecule has 0 saturated heterocycles. The number of hydrogen-bond acceptors (Lipinski definition) is 5. The Hall–Kier alpha value is -2.66. The first kappa shape index (κ1) is 23.6. The molecular weight excluding hydrogens is 378 g/mol. The first-order chi connectivity index (χ1) is 13.9. The van der Waals surface area contributed by atoms with Crippen LogP contribution in [-0.4, -0.2) is 29.2 Å². The largest absolute Gasteiger partial charge is 0.459 e. The maximum Gasteiger partial charge on any atom is 0.338 e. The number of esters is 2. The fourth-order valence-corrected chi connectivity index (χ4v) is 2.80. The van der Waals surface area contributed by atoms with Crippen molar-refractivity contribution < 1.29 is 19.1 Å². The van der Waals surface area contributed by atoms with Crippen molar-refractivity contribution in [2.45, 2.75) is 71.8 Å². The second kappa shape index (κ2) is 9.90. The molecule has 2 aromatic rings. The fraction of sp³-hybridized carbons (Fsp3) is 0.440. The van der Waals surface area contributed by atoms with E-state index >= 15 is 0 Å². The number of benzene rings is 2. The van der Waals surface area contributed by atoms with Crippen LogP contribution in [-0.2, 0) is 27.2 Å². The van der Waals surface area contributed by atoms with E-state index in [-0.39, 0.29) is 11.9 Å². The zero-order valence-corrected chi connectivity index (χ0v) is 18.8. The molecule has 0 saturated carbocycles. The van der Waals surface area contributed by atoms with Gasteiger partial charge in [0.2, 0.25) is 0 Å². The molecule has 0 aromatic heterocycles. The minimum Gasteiger partial charge on any atom is -0.459 e. The van der Waals surface area contributed by atoms with E-state index in [1.165, 1.54) is 0 Å². The summed E-state index contributed by atoms with van der Waals surface area (Å²) in [6.45, 7) is 11.6. The molecule has 0 bridgehead atoms. The minimum absolute atomic E-state index is 0.281. The van der Waals surface area contributed by atoms with Gasteiger partial charge in [0.15, 0.2) is 0 Å². The normalized spacial score (nSPS) is 12.9. The first-order valence-electron chi connectivity index (χ1n) is 10.3. The van der Waals surface area contributed by atoms with Crippen molar-refractivity contribution in [3.05, 3.63) is 71.3 Å². The second-order valence-corrected chi connectivity index (χ2v) is 9.36. The summed E-state index contributed by atoms with van der Waals surface area (Å²) in [6, 6.07) is 16.6. The van der Waals surface area contributed by atoms with E-state index in [4.69, 9.17) is 9.47 Å². The minimum atomic E-state index is -0.553. The van der Waals surface area contributed by atoms with Crippen molar-refractivity contribution in [2.24, 2.45) is 0 Å². The lowest BCUT2D eigenvalue weighted by Crippen LogP contribution is -2.42. The molecular formula is C25H33NO4. The Balaban J connectivity index is 2.05. The molecule has 1 atom stereocenters. The van der Waals surface area contributed by atoms with E-state index < -0.39 is 17.2 Å². The van der Waals surface area contributed by atoms with Crippen molar-refractivity contribution in [3.63, 3.8) is 0 Å². The van der Waals surface area contributed by atoms with E-state index in [1.54, 1.807) is 12.1 Å². The molecule has 0 heterocycles. The van der Waals surface area contributed by atoms with Gasteiger partial charge in [-0.05, 0) is 71.2 Å². The standard InChI is InChI=1S/C25H33NO4/c1-24(2,3)29-22(27)20-14-12-19(13-15-20)17-26-21(23(28)30-25(4,5)6)16-18-10-8-7-9-11-18/h7-15,21,26H,16-17H2,1-6H3. The number of carbonyl (C=O) groups excluding carboxylic acids is 2. The molecule has 0 spiro atoms. The molecule has 0 fully saturated rings. The monoisotopic (exact) mass is 411 g/mol. The van der Waals surface area contributed by atoms with Crippen LogP contribution in [0.3, 0.4) is 0 Å². The molecule has 0 aliphatic heterocycles. The maximum atomic E-state index is 12.7. The topological polar surface area (TPSA) is 64.6 Å². The van der Waals surface area contributed by atoms with Gasteiger partial charge in [-0.25, -0.2) is 4.79 Å². The van der Waals surface area contributed by atoms with Crippen LogP contribution in [0, 0.1) is 0 Å². The second-order valence-electron chi connectivity index (χ2n) is 9.36. The highest BCUT2D eigenvalue weighted by Crippen LogP contribution is 2.14. The highest BCUT2D eigenvalue weighted by molar-refractivity contribution is 5.89. The smallest absolute Gasteiger partial charge is 0.338 e. The fourth-order valence-electron chi connectivity index (χ4n) is 2.80. The third kappa shape index (κ3) is 8.37. The van der Waals surface area contributed by atoms with Crippen LogP contribution in [0.15, 0.2) is 54.6 Å². The van der Waals surface area contributed by atoms with Gasteiger partial charge in [0.05, 0.1) is 5.56 Å². The Kier molecular flexibility index (Phi) is 7.79. The summed E-state index contributed by atoms with van der Waals surface area (Å²) in [7, 11) is 0. The molecule has 1 N–H and O–H groups in total. The molecule has 162 valence electrons.